The molecule has 1 aromatic heterocycles. The van der Waals surface area contributed by atoms with Crippen molar-refractivity contribution in [3.05, 3.63) is 87.5 Å². The van der Waals surface area contributed by atoms with Crippen LogP contribution in [0.4, 0.5) is 0 Å². The van der Waals surface area contributed by atoms with Crippen molar-refractivity contribution < 1.29 is 19.4 Å². The largest absolute Gasteiger partial charge is 0.487 e. The molecule has 0 aliphatic carbocycles. The smallest absolute Gasteiger partial charge is 0.328 e. The number of halogens is 2. The summed E-state index contributed by atoms with van der Waals surface area (Å²) in [7, 11) is 0. The van der Waals surface area contributed by atoms with Gasteiger partial charge in [0.25, 0.3) is 0 Å². The summed E-state index contributed by atoms with van der Waals surface area (Å²) in [6.07, 6.45) is 4.07. The summed E-state index contributed by atoms with van der Waals surface area (Å²) in [6.45, 7) is 2.15. The Hall–Kier alpha value is -3.02. The van der Waals surface area contributed by atoms with E-state index in [1.54, 1.807) is 30.5 Å². The van der Waals surface area contributed by atoms with Gasteiger partial charge in [-0.15, -0.1) is 0 Å². The first-order valence-electron chi connectivity index (χ1n) is 8.63. The second-order valence-corrected chi connectivity index (χ2v) is 6.95. The van der Waals surface area contributed by atoms with Crippen molar-refractivity contribution in [3.8, 4) is 17.4 Å². The molecule has 0 atom stereocenters. The number of pyridine rings is 1. The van der Waals surface area contributed by atoms with E-state index in [1.165, 1.54) is 6.08 Å². The number of carboxylic acid groups (broad SMARTS) is 1. The molecular weight excluding hydrogens is 413 g/mol. The third-order valence-electron chi connectivity index (χ3n) is 3.94. The summed E-state index contributed by atoms with van der Waals surface area (Å²) >= 11 is 12.4. The number of aromatic nitrogens is 1. The number of aliphatic carboxylic acids is 1. The minimum atomic E-state index is -1.03. The standard InChI is InChI=1S/C22H17Cl2NO4/c1-14-10-15(6-9-21(26)27)11-19(24)22(14)29-20-8-7-17(12-25-20)28-13-16-4-2-3-5-18(16)23/h2-12H,13H2,1H3,(H,26,27)/b9-6+. The minimum Gasteiger partial charge on any atom is -0.487 e. The number of hydrogen-bond donors (Lipinski definition) is 1. The zero-order valence-electron chi connectivity index (χ0n) is 15.4. The SMILES string of the molecule is Cc1cc(/C=C/C(=O)O)cc(Cl)c1Oc1ccc(OCc2ccccc2Cl)cn1. The average molecular weight is 430 g/mol. The number of benzene rings is 2. The molecule has 0 spiro atoms. The van der Waals surface area contributed by atoms with Crippen LogP contribution >= 0.6 is 23.2 Å². The number of aryl methyl sites for hydroxylation is 1. The van der Waals surface area contributed by atoms with E-state index in [9.17, 15) is 4.79 Å². The van der Waals surface area contributed by atoms with E-state index in [0.29, 0.717) is 39.6 Å². The van der Waals surface area contributed by atoms with Crippen molar-refractivity contribution in [3.63, 3.8) is 0 Å². The van der Waals surface area contributed by atoms with E-state index in [4.69, 9.17) is 37.8 Å². The molecule has 5 nitrogen and oxygen atoms in total. The van der Waals surface area contributed by atoms with Gasteiger partial charge >= 0.3 is 5.97 Å². The molecule has 0 amide bonds. The molecule has 0 aliphatic heterocycles. The van der Waals surface area contributed by atoms with Gasteiger partial charge in [-0.1, -0.05) is 41.4 Å². The predicted molar refractivity (Wildman–Crippen MR) is 113 cm³/mol. The molecule has 29 heavy (non-hydrogen) atoms. The maximum atomic E-state index is 10.7. The van der Waals surface area contributed by atoms with Gasteiger partial charge in [0, 0.05) is 22.7 Å². The number of ether oxygens (including phenoxy) is 2. The van der Waals surface area contributed by atoms with E-state index in [2.05, 4.69) is 4.98 Å². The molecular formula is C22H17Cl2NO4. The van der Waals surface area contributed by atoms with Crippen LogP contribution < -0.4 is 9.47 Å². The van der Waals surface area contributed by atoms with Gasteiger partial charge in [0.05, 0.1) is 11.2 Å². The highest BCUT2D eigenvalue weighted by Gasteiger charge is 2.10. The Kier molecular flexibility index (Phi) is 6.75. The lowest BCUT2D eigenvalue weighted by atomic mass is 10.1. The number of rotatable bonds is 7. The lowest BCUT2D eigenvalue weighted by molar-refractivity contribution is -0.131. The highest BCUT2D eigenvalue weighted by molar-refractivity contribution is 6.32. The molecule has 7 heteroatoms. The van der Waals surface area contributed by atoms with E-state index in [0.717, 1.165) is 17.2 Å². The van der Waals surface area contributed by atoms with Gasteiger partial charge in [0.15, 0.2) is 5.75 Å². The highest BCUT2D eigenvalue weighted by atomic mass is 35.5. The van der Waals surface area contributed by atoms with Gasteiger partial charge in [0.1, 0.15) is 12.4 Å². The van der Waals surface area contributed by atoms with Crippen LogP contribution in [0.1, 0.15) is 16.7 Å². The first-order valence-corrected chi connectivity index (χ1v) is 9.39. The number of carbonyl (C=O) groups is 1. The van der Waals surface area contributed by atoms with Crippen molar-refractivity contribution in [2.24, 2.45) is 0 Å². The summed E-state index contributed by atoms with van der Waals surface area (Å²) in [5.41, 5.74) is 2.30. The molecule has 0 radical (unpaired) electrons. The first-order chi connectivity index (χ1) is 13.9. The van der Waals surface area contributed by atoms with Gasteiger partial charge in [-0.2, -0.15) is 0 Å². The predicted octanol–water partition coefficient (Wildman–Crippen LogP) is 6.17. The Balaban J connectivity index is 1.68. The zero-order valence-corrected chi connectivity index (χ0v) is 16.9. The summed E-state index contributed by atoms with van der Waals surface area (Å²) in [5, 5.41) is 9.74. The average Bonchev–Trinajstić information content (AvgIpc) is 2.69. The molecule has 0 aliphatic rings. The van der Waals surface area contributed by atoms with Crippen LogP contribution in [0.3, 0.4) is 0 Å². The van der Waals surface area contributed by atoms with E-state index in [1.807, 2.05) is 31.2 Å². The van der Waals surface area contributed by atoms with Gasteiger partial charge in [0.2, 0.25) is 5.88 Å². The first kappa shape index (κ1) is 20.7. The second kappa shape index (κ2) is 9.45. The highest BCUT2D eigenvalue weighted by Crippen LogP contribution is 2.34. The van der Waals surface area contributed by atoms with E-state index in [-0.39, 0.29) is 0 Å². The third-order valence-corrected chi connectivity index (χ3v) is 4.59. The van der Waals surface area contributed by atoms with Gasteiger partial charge in [-0.05, 0) is 48.4 Å². The third kappa shape index (κ3) is 5.73. The normalized spacial score (nSPS) is 10.9. The van der Waals surface area contributed by atoms with Crippen LogP contribution in [-0.4, -0.2) is 16.1 Å². The quantitative estimate of drug-likeness (QED) is 0.455. The molecule has 0 bridgehead atoms. The molecule has 3 aromatic rings. The molecule has 1 N–H and O–H groups in total. The van der Waals surface area contributed by atoms with Crippen molar-refractivity contribution in [2.45, 2.75) is 13.5 Å². The Labute approximate surface area is 178 Å². The Morgan fingerprint density at radius 3 is 2.59 bits per heavy atom. The maximum Gasteiger partial charge on any atom is 0.328 e. The van der Waals surface area contributed by atoms with Crippen molar-refractivity contribution in [1.29, 1.82) is 0 Å². The molecule has 0 unspecified atom stereocenters. The van der Waals surface area contributed by atoms with Crippen molar-refractivity contribution >= 4 is 35.2 Å². The van der Waals surface area contributed by atoms with E-state index < -0.39 is 5.97 Å². The monoisotopic (exact) mass is 429 g/mol. The Morgan fingerprint density at radius 1 is 1.14 bits per heavy atom. The van der Waals surface area contributed by atoms with Crippen LogP contribution in [0.15, 0.2) is 60.8 Å². The Morgan fingerprint density at radius 2 is 1.93 bits per heavy atom. The van der Waals surface area contributed by atoms with Gasteiger partial charge in [-0.25, -0.2) is 9.78 Å². The summed E-state index contributed by atoms with van der Waals surface area (Å²) < 4.78 is 11.5. The van der Waals surface area contributed by atoms with Gasteiger partial charge in [-0.3, -0.25) is 0 Å². The number of hydrogen-bond acceptors (Lipinski definition) is 4. The van der Waals surface area contributed by atoms with Crippen LogP contribution in [0.5, 0.6) is 17.4 Å². The lowest BCUT2D eigenvalue weighted by Gasteiger charge is -2.12. The van der Waals surface area contributed by atoms with E-state index >= 15 is 0 Å². The maximum absolute atomic E-state index is 10.7. The summed E-state index contributed by atoms with van der Waals surface area (Å²) in [5.74, 6) is 0.361. The molecule has 148 valence electrons. The molecule has 1 heterocycles. The molecule has 2 aromatic carbocycles. The lowest BCUT2D eigenvalue weighted by Crippen LogP contribution is -1.97. The fraction of sp³-hybridized carbons (Fsp3) is 0.0909. The molecule has 0 fully saturated rings. The van der Waals surface area contributed by atoms with Crippen LogP contribution in [0.2, 0.25) is 10.0 Å². The molecule has 0 saturated carbocycles. The van der Waals surface area contributed by atoms with Crippen LogP contribution in [0.25, 0.3) is 6.08 Å². The number of nitrogens with zero attached hydrogens (tertiary/aromatic N) is 1. The summed E-state index contributed by atoms with van der Waals surface area (Å²) in [6, 6.07) is 14.3. The fourth-order valence-corrected chi connectivity index (χ4v) is 3.05. The second-order valence-electron chi connectivity index (χ2n) is 6.13. The molecule has 3 rings (SSSR count). The Bertz CT molecular complexity index is 1030. The fourth-order valence-electron chi connectivity index (χ4n) is 2.54. The van der Waals surface area contributed by atoms with Gasteiger partial charge < -0.3 is 14.6 Å². The zero-order chi connectivity index (χ0) is 20.8. The molecule has 0 saturated heterocycles. The number of carboxylic acids is 1. The summed E-state index contributed by atoms with van der Waals surface area (Å²) in [4.78, 5) is 14.9. The van der Waals surface area contributed by atoms with Crippen LogP contribution in [-0.2, 0) is 11.4 Å². The topological polar surface area (TPSA) is 68.7 Å². The minimum absolute atomic E-state index is 0.331. The van der Waals surface area contributed by atoms with Crippen molar-refractivity contribution in [2.75, 3.05) is 0 Å². The van der Waals surface area contributed by atoms with Crippen LogP contribution in [0, 0.1) is 6.92 Å². The van der Waals surface area contributed by atoms with Crippen molar-refractivity contribution in [1.82, 2.24) is 4.98 Å².